The van der Waals surface area contributed by atoms with Crippen molar-refractivity contribution in [2.24, 2.45) is 0 Å². The fourth-order valence-electron chi connectivity index (χ4n) is 3.08. The summed E-state index contributed by atoms with van der Waals surface area (Å²) in [5.41, 5.74) is 1.65. The average molecular weight is 517 g/mol. The summed E-state index contributed by atoms with van der Waals surface area (Å²) in [6.45, 7) is 1.02. The number of fused-ring (bicyclic) bond motifs is 1. The van der Waals surface area contributed by atoms with E-state index >= 15 is 0 Å². The van der Waals surface area contributed by atoms with Crippen LogP contribution in [0.25, 0.3) is 11.0 Å². The van der Waals surface area contributed by atoms with Crippen LogP contribution >= 0.6 is 22.6 Å². The number of nitrogens with zero attached hydrogens (tertiary/aromatic N) is 4. The molecule has 0 spiro atoms. The maximum atomic E-state index is 13.1. The van der Waals surface area contributed by atoms with Gasteiger partial charge in [0.2, 0.25) is 0 Å². The highest BCUT2D eigenvalue weighted by Crippen LogP contribution is 2.11. The summed E-state index contributed by atoms with van der Waals surface area (Å²) in [5, 5.41) is 7.49. The van der Waals surface area contributed by atoms with Crippen LogP contribution < -0.4 is 10.9 Å². The van der Waals surface area contributed by atoms with Crippen LogP contribution in [0.4, 0.5) is 4.39 Å². The van der Waals surface area contributed by atoms with E-state index in [1.54, 1.807) is 22.9 Å². The van der Waals surface area contributed by atoms with E-state index < -0.39 is 0 Å². The molecule has 0 aliphatic rings. The van der Waals surface area contributed by atoms with E-state index in [4.69, 9.17) is 0 Å². The Hall–Kier alpha value is -3.08. The third kappa shape index (κ3) is 4.25. The first-order valence-electron chi connectivity index (χ1n) is 9.21. The quantitative estimate of drug-likeness (QED) is 0.399. The predicted octanol–water partition coefficient (Wildman–Crippen LogP) is 2.82. The van der Waals surface area contributed by atoms with E-state index in [0.717, 1.165) is 9.13 Å². The van der Waals surface area contributed by atoms with Gasteiger partial charge in [0, 0.05) is 10.1 Å². The van der Waals surface area contributed by atoms with Gasteiger partial charge in [-0.3, -0.25) is 14.2 Å². The van der Waals surface area contributed by atoms with Crippen molar-refractivity contribution in [2.75, 3.05) is 6.54 Å². The number of carbonyl (C=O) groups is 1. The monoisotopic (exact) mass is 517 g/mol. The molecule has 1 N–H and O–H groups in total. The SMILES string of the molecule is O=C(NCCn1ncc2c(=O)n(Cc3ccc(F)cc3)cnc21)c1ccccc1I. The topological polar surface area (TPSA) is 81.8 Å². The van der Waals surface area contributed by atoms with Crippen LogP contribution in [0.2, 0.25) is 0 Å². The maximum Gasteiger partial charge on any atom is 0.264 e. The van der Waals surface area contributed by atoms with Crippen molar-refractivity contribution in [1.82, 2.24) is 24.6 Å². The Balaban J connectivity index is 1.46. The highest BCUT2D eigenvalue weighted by Gasteiger charge is 2.12. The van der Waals surface area contributed by atoms with Gasteiger partial charge in [0.25, 0.3) is 11.5 Å². The first-order chi connectivity index (χ1) is 14.5. The molecule has 0 aliphatic heterocycles. The Morgan fingerprint density at radius 2 is 1.90 bits per heavy atom. The third-order valence-corrected chi connectivity index (χ3v) is 5.56. The molecule has 0 bridgehead atoms. The van der Waals surface area contributed by atoms with Gasteiger partial charge in [0.1, 0.15) is 17.5 Å². The highest BCUT2D eigenvalue weighted by atomic mass is 127. The summed E-state index contributed by atoms with van der Waals surface area (Å²) in [7, 11) is 0. The molecule has 2 aromatic carbocycles. The zero-order valence-corrected chi connectivity index (χ0v) is 17.9. The van der Waals surface area contributed by atoms with E-state index in [1.165, 1.54) is 29.2 Å². The van der Waals surface area contributed by atoms with E-state index in [1.807, 2.05) is 18.2 Å². The molecule has 152 valence electrons. The largest absolute Gasteiger partial charge is 0.350 e. The minimum Gasteiger partial charge on any atom is -0.350 e. The van der Waals surface area contributed by atoms with E-state index in [-0.39, 0.29) is 17.3 Å². The lowest BCUT2D eigenvalue weighted by atomic mass is 10.2. The van der Waals surface area contributed by atoms with Crippen molar-refractivity contribution in [3.8, 4) is 0 Å². The summed E-state index contributed by atoms with van der Waals surface area (Å²) < 4.78 is 17.0. The normalized spacial score (nSPS) is 11.0. The second kappa shape index (κ2) is 8.74. The van der Waals surface area contributed by atoms with Crippen molar-refractivity contribution in [3.63, 3.8) is 0 Å². The molecule has 30 heavy (non-hydrogen) atoms. The third-order valence-electron chi connectivity index (χ3n) is 4.62. The number of benzene rings is 2. The molecule has 0 atom stereocenters. The van der Waals surface area contributed by atoms with Crippen molar-refractivity contribution in [3.05, 3.63) is 91.9 Å². The maximum absolute atomic E-state index is 13.1. The minimum atomic E-state index is -0.324. The number of amides is 1. The molecule has 0 radical (unpaired) electrons. The number of hydrogen-bond acceptors (Lipinski definition) is 4. The van der Waals surface area contributed by atoms with Crippen molar-refractivity contribution in [1.29, 1.82) is 0 Å². The number of aromatic nitrogens is 4. The fraction of sp³-hybridized carbons (Fsp3) is 0.143. The van der Waals surface area contributed by atoms with Gasteiger partial charge >= 0.3 is 0 Å². The number of halogens is 2. The van der Waals surface area contributed by atoms with Crippen LogP contribution in [-0.2, 0) is 13.1 Å². The van der Waals surface area contributed by atoms with Gasteiger partial charge < -0.3 is 5.32 Å². The number of rotatable bonds is 6. The molecule has 1 amide bonds. The number of carbonyl (C=O) groups excluding carboxylic acids is 1. The van der Waals surface area contributed by atoms with E-state index in [0.29, 0.717) is 36.2 Å². The first-order valence-corrected chi connectivity index (χ1v) is 10.3. The fourth-order valence-corrected chi connectivity index (χ4v) is 3.71. The van der Waals surface area contributed by atoms with Gasteiger partial charge in [0.15, 0.2) is 5.65 Å². The van der Waals surface area contributed by atoms with Crippen LogP contribution in [-0.4, -0.2) is 31.8 Å². The summed E-state index contributed by atoms with van der Waals surface area (Å²) in [6.07, 6.45) is 2.94. The average Bonchev–Trinajstić information content (AvgIpc) is 3.15. The van der Waals surface area contributed by atoms with Gasteiger partial charge in [-0.25, -0.2) is 14.1 Å². The molecule has 4 aromatic rings. The zero-order chi connectivity index (χ0) is 21.1. The van der Waals surface area contributed by atoms with Crippen LogP contribution in [0.3, 0.4) is 0 Å². The van der Waals surface area contributed by atoms with E-state index in [9.17, 15) is 14.0 Å². The van der Waals surface area contributed by atoms with Crippen molar-refractivity contribution in [2.45, 2.75) is 13.1 Å². The second-order valence-corrected chi connectivity index (χ2v) is 7.81. The molecule has 4 rings (SSSR count). The lowest BCUT2D eigenvalue weighted by Crippen LogP contribution is -2.28. The summed E-state index contributed by atoms with van der Waals surface area (Å²) >= 11 is 2.12. The molecule has 0 fully saturated rings. The van der Waals surface area contributed by atoms with Gasteiger partial charge in [-0.2, -0.15) is 5.10 Å². The van der Waals surface area contributed by atoms with Crippen molar-refractivity contribution < 1.29 is 9.18 Å². The molecule has 0 saturated carbocycles. The van der Waals surface area contributed by atoms with Gasteiger partial charge in [-0.15, -0.1) is 0 Å². The first kappa shape index (κ1) is 20.2. The second-order valence-electron chi connectivity index (χ2n) is 6.64. The van der Waals surface area contributed by atoms with Crippen LogP contribution in [0.15, 0.2) is 65.8 Å². The van der Waals surface area contributed by atoms with Gasteiger partial charge in [0.05, 0.1) is 24.8 Å². The van der Waals surface area contributed by atoms with Crippen molar-refractivity contribution >= 4 is 39.5 Å². The standard InChI is InChI=1S/C21H17FIN5O2/c22-15-7-5-14(6-8-15)12-27-13-25-19-17(21(27)30)11-26-28(19)10-9-24-20(29)16-3-1-2-4-18(16)23/h1-8,11,13H,9-10,12H2,(H,24,29). The van der Waals surface area contributed by atoms with E-state index in [2.05, 4.69) is 38.0 Å². The van der Waals surface area contributed by atoms with Crippen LogP contribution in [0, 0.1) is 9.39 Å². The Kier molecular flexibility index (Phi) is 5.88. The highest BCUT2D eigenvalue weighted by molar-refractivity contribution is 14.1. The van der Waals surface area contributed by atoms with Crippen LogP contribution in [0.5, 0.6) is 0 Å². The Bertz CT molecular complexity index is 1270. The van der Waals surface area contributed by atoms with Crippen LogP contribution in [0.1, 0.15) is 15.9 Å². The Morgan fingerprint density at radius 1 is 1.13 bits per heavy atom. The molecule has 0 unspecified atom stereocenters. The zero-order valence-electron chi connectivity index (χ0n) is 15.8. The lowest BCUT2D eigenvalue weighted by molar-refractivity contribution is 0.0951. The molecule has 9 heteroatoms. The lowest BCUT2D eigenvalue weighted by Gasteiger charge is -2.08. The molecule has 7 nitrogen and oxygen atoms in total. The Labute approximate surface area is 184 Å². The molecule has 0 aliphatic carbocycles. The van der Waals surface area contributed by atoms with Gasteiger partial charge in [-0.05, 0) is 52.4 Å². The van der Waals surface area contributed by atoms with Gasteiger partial charge in [-0.1, -0.05) is 24.3 Å². The number of hydrogen-bond donors (Lipinski definition) is 1. The molecular weight excluding hydrogens is 500 g/mol. The smallest absolute Gasteiger partial charge is 0.264 e. The Morgan fingerprint density at radius 3 is 2.67 bits per heavy atom. The number of nitrogens with one attached hydrogen (secondary N) is 1. The predicted molar refractivity (Wildman–Crippen MR) is 119 cm³/mol. The minimum absolute atomic E-state index is 0.161. The molecule has 0 saturated heterocycles. The molecule has 2 aromatic heterocycles. The summed E-state index contributed by atoms with van der Waals surface area (Å²) in [6, 6.07) is 13.3. The molecular formula is C21H17FIN5O2. The summed E-state index contributed by atoms with van der Waals surface area (Å²) in [5.74, 6) is -0.485. The summed E-state index contributed by atoms with van der Waals surface area (Å²) in [4.78, 5) is 29.4. The molecule has 2 heterocycles.